The van der Waals surface area contributed by atoms with Gasteiger partial charge in [-0.05, 0) is 37.6 Å². The second-order valence-corrected chi connectivity index (χ2v) is 5.40. The van der Waals surface area contributed by atoms with Crippen LogP contribution in [0.1, 0.15) is 25.6 Å². The molecule has 1 aliphatic carbocycles. The molecule has 0 saturated heterocycles. The summed E-state index contributed by atoms with van der Waals surface area (Å²) in [4.78, 5) is 21.7. The second kappa shape index (κ2) is 4.94. The molecule has 1 aliphatic rings. The Labute approximate surface area is 116 Å². The third-order valence-electron chi connectivity index (χ3n) is 3.54. The van der Waals surface area contributed by atoms with Crippen LogP contribution < -0.4 is 5.56 Å². The molecule has 5 heteroatoms. The Balaban J connectivity index is 1.97. The van der Waals surface area contributed by atoms with Gasteiger partial charge < -0.3 is 4.98 Å². The van der Waals surface area contributed by atoms with E-state index in [0.717, 1.165) is 6.54 Å². The topological polar surface area (TPSA) is 49.0 Å². The molecule has 4 nitrogen and oxygen atoms in total. The van der Waals surface area contributed by atoms with Crippen LogP contribution in [-0.2, 0) is 6.54 Å². The van der Waals surface area contributed by atoms with Crippen LogP contribution in [0.2, 0.25) is 5.02 Å². The van der Waals surface area contributed by atoms with E-state index in [1.807, 2.05) is 0 Å². The van der Waals surface area contributed by atoms with Gasteiger partial charge in [0.2, 0.25) is 0 Å². The van der Waals surface area contributed by atoms with E-state index in [1.54, 1.807) is 18.2 Å². The monoisotopic (exact) mass is 277 g/mol. The van der Waals surface area contributed by atoms with E-state index >= 15 is 0 Å². The maximum Gasteiger partial charge on any atom is 0.258 e. The molecule has 1 heterocycles. The average Bonchev–Trinajstić information content (AvgIpc) is 3.19. The first-order chi connectivity index (χ1) is 9.17. The third-order valence-corrected chi connectivity index (χ3v) is 3.78. The number of rotatable bonds is 4. The number of benzene rings is 1. The molecular weight excluding hydrogens is 262 g/mol. The molecule has 0 atom stereocenters. The zero-order valence-electron chi connectivity index (χ0n) is 10.8. The lowest BCUT2D eigenvalue weighted by Crippen LogP contribution is -2.27. The van der Waals surface area contributed by atoms with Crippen molar-refractivity contribution in [2.24, 2.45) is 0 Å². The maximum atomic E-state index is 12.0. The second-order valence-electron chi connectivity index (χ2n) is 4.97. The molecule has 1 aromatic heterocycles. The van der Waals surface area contributed by atoms with E-state index in [0.29, 0.717) is 34.3 Å². The number of fused-ring (bicyclic) bond motifs is 1. The van der Waals surface area contributed by atoms with Crippen LogP contribution in [-0.4, -0.2) is 27.5 Å². The Morgan fingerprint density at radius 2 is 2.26 bits per heavy atom. The summed E-state index contributed by atoms with van der Waals surface area (Å²) in [7, 11) is 0. The van der Waals surface area contributed by atoms with E-state index in [2.05, 4.69) is 21.8 Å². The van der Waals surface area contributed by atoms with Gasteiger partial charge in [0.15, 0.2) is 0 Å². The molecule has 0 radical (unpaired) electrons. The summed E-state index contributed by atoms with van der Waals surface area (Å²) in [5, 5.41) is 1.19. The minimum atomic E-state index is -0.0940. The van der Waals surface area contributed by atoms with Crippen molar-refractivity contribution in [3.8, 4) is 0 Å². The average molecular weight is 278 g/mol. The highest BCUT2D eigenvalue weighted by atomic mass is 35.5. The van der Waals surface area contributed by atoms with Gasteiger partial charge in [0, 0.05) is 11.1 Å². The molecule has 19 heavy (non-hydrogen) atoms. The fraction of sp³-hybridized carbons (Fsp3) is 0.429. The zero-order valence-corrected chi connectivity index (χ0v) is 11.6. The van der Waals surface area contributed by atoms with Crippen LogP contribution in [0, 0.1) is 0 Å². The number of H-pyrrole nitrogens is 1. The highest BCUT2D eigenvalue weighted by Gasteiger charge is 2.28. The molecule has 0 unspecified atom stereocenters. The van der Waals surface area contributed by atoms with Crippen LogP contribution in [0.25, 0.3) is 10.9 Å². The molecular formula is C14H16ClN3O. The molecule has 1 N–H and O–H groups in total. The number of hydrogen-bond donors (Lipinski definition) is 1. The molecule has 3 rings (SSSR count). The predicted octanol–water partition coefficient (Wildman–Crippen LogP) is 2.56. The van der Waals surface area contributed by atoms with Gasteiger partial charge in [-0.25, -0.2) is 4.98 Å². The Kier molecular flexibility index (Phi) is 3.29. The van der Waals surface area contributed by atoms with Gasteiger partial charge in [-0.3, -0.25) is 9.69 Å². The lowest BCUT2D eigenvalue weighted by molar-refractivity contribution is 0.262. The van der Waals surface area contributed by atoms with E-state index in [-0.39, 0.29) is 5.56 Å². The van der Waals surface area contributed by atoms with Crippen molar-refractivity contribution in [1.82, 2.24) is 14.9 Å². The molecule has 1 saturated carbocycles. The van der Waals surface area contributed by atoms with Crippen LogP contribution in [0.15, 0.2) is 23.0 Å². The maximum absolute atomic E-state index is 12.0. The molecule has 100 valence electrons. The summed E-state index contributed by atoms with van der Waals surface area (Å²) in [6, 6.07) is 5.82. The van der Waals surface area contributed by atoms with Gasteiger partial charge in [-0.1, -0.05) is 18.5 Å². The summed E-state index contributed by atoms with van der Waals surface area (Å²) in [5.41, 5.74) is 0.571. The molecule has 0 amide bonds. The van der Waals surface area contributed by atoms with Crippen molar-refractivity contribution in [2.75, 3.05) is 6.54 Å². The SMILES string of the molecule is CCN(Cc1nc2cc(Cl)ccc2c(=O)[nH]1)C1CC1. The number of aromatic nitrogens is 2. The number of aromatic amines is 1. The lowest BCUT2D eigenvalue weighted by atomic mass is 10.2. The Morgan fingerprint density at radius 3 is 2.95 bits per heavy atom. The fourth-order valence-electron chi connectivity index (χ4n) is 2.37. The molecule has 0 spiro atoms. The molecule has 1 aromatic carbocycles. The number of halogens is 1. The Bertz CT molecular complexity index is 663. The van der Waals surface area contributed by atoms with Crippen molar-refractivity contribution in [3.63, 3.8) is 0 Å². The van der Waals surface area contributed by atoms with Crippen LogP contribution in [0.4, 0.5) is 0 Å². The Hall–Kier alpha value is -1.39. The smallest absolute Gasteiger partial charge is 0.258 e. The minimum absolute atomic E-state index is 0.0940. The van der Waals surface area contributed by atoms with Gasteiger partial charge in [0.1, 0.15) is 5.82 Å². The third kappa shape index (κ3) is 2.65. The Morgan fingerprint density at radius 1 is 1.47 bits per heavy atom. The largest absolute Gasteiger partial charge is 0.309 e. The first-order valence-corrected chi connectivity index (χ1v) is 6.97. The molecule has 1 fully saturated rings. The van der Waals surface area contributed by atoms with Gasteiger partial charge >= 0.3 is 0 Å². The van der Waals surface area contributed by atoms with E-state index in [9.17, 15) is 4.79 Å². The number of hydrogen-bond acceptors (Lipinski definition) is 3. The molecule has 2 aromatic rings. The summed E-state index contributed by atoms with van der Waals surface area (Å²) in [5.74, 6) is 0.716. The van der Waals surface area contributed by atoms with Crippen molar-refractivity contribution < 1.29 is 0 Å². The fourth-order valence-corrected chi connectivity index (χ4v) is 2.53. The van der Waals surface area contributed by atoms with Crippen molar-refractivity contribution in [3.05, 3.63) is 39.4 Å². The quantitative estimate of drug-likeness (QED) is 0.934. The van der Waals surface area contributed by atoms with Gasteiger partial charge in [-0.2, -0.15) is 0 Å². The van der Waals surface area contributed by atoms with Crippen LogP contribution in [0.5, 0.6) is 0 Å². The lowest BCUT2D eigenvalue weighted by Gasteiger charge is -2.18. The number of nitrogens with one attached hydrogen (secondary N) is 1. The first-order valence-electron chi connectivity index (χ1n) is 6.60. The van der Waals surface area contributed by atoms with E-state index in [4.69, 9.17) is 11.6 Å². The van der Waals surface area contributed by atoms with Gasteiger partial charge in [0.05, 0.1) is 17.4 Å². The predicted molar refractivity (Wildman–Crippen MR) is 76.5 cm³/mol. The summed E-state index contributed by atoms with van der Waals surface area (Å²) < 4.78 is 0. The summed E-state index contributed by atoms with van der Waals surface area (Å²) in [6.45, 7) is 3.80. The first kappa shape index (κ1) is 12.6. The number of nitrogens with zero attached hydrogens (tertiary/aromatic N) is 2. The van der Waals surface area contributed by atoms with Gasteiger partial charge in [0.25, 0.3) is 5.56 Å². The normalized spacial score (nSPS) is 15.3. The van der Waals surface area contributed by atoms with Gasteiger partial charge in [-0.15, -0.1) is 0 Å². The van der Waals surface area contributed by atoms with Crippen molar-refractivity contribution >= 4 is 22.5 Å². The van der Waals surface area contributed by atoms with E-state index in [1.165, 1.54) is 12.8 Å². The summed E-state index contributed by atoms with van der Waals surface area (Å²) in [6.07, 6.45) is 2.50. The minimum Gasteiger partial charge on any atom is -0.309 e. The highest BCUT2D eigenvalue weighted by Crippen LogP contribution is 2.27. The van der Waals surface area contributed by atoms with E-state index < -0.39 is 0 Å². The summed E-state index contributed by atoms with van der Waals surface area (Å²) >= 11 is 5.95. The standard InChI is InChI=1S/C14H16ClN3O/c1-2-18(10-4-5-10)8-13-16-12-7-9(15)3-6-11(12)14(19)17-13/h3,6-7,10H,2,4-5,8H2,1H3,(H,16,17,19). The molecule has 0 aliphatic heterocycles. The zero-order chi connectivity index (χ0) is 13.4. The highest BCUT2D eigenvalue weighted by molar-refractivity contribution is 6.31. The van der Waals surface area contributed by atoms with Crippen molar-refractivity contribution in [2.45, 2.75) is 32.4 Å². The van der Waals surface area contributed by atoms with Crippen LogP contribution >= 0.6 is 11.6 Å². The van der Waals surface area contributed by atoms with Crippen LogP contribution in [0.3, 0.4) is 0 Å². The molecule has 0 bridgehead atoms. The van der Waals surface area contributed by atoms with Crippen molar-refractivity contribution in [1.29, 1.82) is 0 Å².